The van der Waals surface area contributed by atoms with E-state index in [-0.39, 0.29) is 0 Å². The summed E-state index contributed by atoms with van der Waals surface area (Å²) in [5.41, 5.74) is 4.11. The first-order chi connectivity index (χ1) is 7.25. The van der Waals surface area contributed by atoms with Crippen LogP contribution in [0.25, 0.3) is 16.6 Å². The molecule has 4 heteroatoms. The molecule has 1 aromatic carbocycles. The number of benzene rings is 1. The minimum absolute atomic E-state index is 0.975. The van der Waals surface area contributed by atoms with Crippen molar-refractivity contribution < 1.29 is 0 Å². The van der Waals surface area contributed by atoms with Crippen LogP contribution in [0.15, 0.2) is 35.2 Å². The Kier molecular flexibility index (Phi) is 1.79. The average Bonchev–Trinajstić information content (AvgIpc) is 2.61. The zero-order chi connectivity index (χ0) is 10.4. The molecular formula is C11H8BrN3. The molecular weight excluding hydrogens is 254 g/mol. The Morgan fingerprint density at radius 3 is 2.93 bits per heavy atom. The number of fused-ring (bicyclic) bond motifs is 3. The zero-order valence-electron chi connectivity index (χ0n) is 8.11. The van der Waals surface area contributed by atoms with Gasteiger partial charge in [0.05, 0.1) is 28.4 Å². The van der Waals surface area contributed by atoms with Crippen molar-refractivity contribution >= 4 is 32.5 Å². The van der Waals surface area contributed by atoms with Crippen LogP contribution in [0.5, 0.6) is 0 Å². The van der Waals surface area contributed by atoms with E-state index >= 15 is 0 Å². The van der Waals surface area contributed by atoms with Crippen molar-refractivity contribution in [2.45, 2.75) is 6.92 Å². The lowest BCUT2D eigenvalue weighted by atomic mass is 10.3. The standard InChI is InChI=1S/C11H8BrN3/c1-7-11-5-13-9-3-2-8(12)4-10(9)15(11)6-14-7/h2-6H,1H3. The van der Waals surface area contributed by atoms with E-state index in [2.05, 4.69) is 36.4 Å². The van der Waals surface area contributed by atoms with Gasteiger partial charge in [-0.25, -0.2) is 4.98 Å². The Morgan fingerprint density at radius 1 is 1.20 bits per heavy atom. The van der Waals surface area contributed by atoms with Gasteiger partial charge < -0.3 is 0 Å². The van der Waals surface area contributed by atoms with Gasteiger partial charge in [0, 0.05) is 4.47 Å². The summed E-state index contributed by atoms with van der Waals surface area (Å²) < 4.78 is 3.11. The lowest BCUT2D eigenvalue weighted by Gasteiger charge is -2.01. The highest BCUT2D eigenvalue weighted by atomic mass is 79.9. The van der Waals surface area contributed by atoms with Gasteiger partial charge in [-0.15, -0.1) is 0 Å². The molecule has 3 aromatic rings. The van der Waals surface area contributed by atoms with Crippen molar-refractivity contribution in [3.05, 3.63) is 40.9 Å². The molecule has 0 atom stereocenters. The van der Waals surface area contributed by atoms with E-state index in [9.17, 15) is 0 Å². The molecule has 0 N–H and O–H groups in total. The van der Waals surface area contributed by atoms with Gasteiger partial charge in [0.2, 0.25) is 0 Å². The summed E-state index contributed by atoms with van der Waals surface area (Å²) in [6.45, 7) is 1.99. The van der Waals surface area contributed by atoms with Gasteiger partial charge in [-0.3, -0.25) is 9.38 Å². The maximum atomic E-state index is 4.40. The van der Waals surface area contributed by atoms with Crippen LogP contribution < -0.4 is 0 Å². The molecule has 0 aliphatic heterocycles. The van der Waals surface area contributed by atoms with E-state index in [4.69, 9.17) is 0 Å². The molecule has 0 fully saturated rings. The second-order valence-electron chi connectivity index (χ2n) is 3.48. The molecule has 74 valence electrons. The number of rotatable bonds is 0. The first-order valence-corrected chi connectivity index (χ1v) is 5.43. The van der Waals surface area contributed by atoms with Gasteiger partial charge in [0.15, 0.2) is 0 Å². The monoisotopic (exact) mass is 261 g/mol. The van der Waals surface area contributed by atoms with Crippen molar-refractivity contribution in [3.63, 3.8) is 0 Å². The van der Waals surface area contributed by atoms with E-state index in [1.807, 2.05) is 31.6 Å². The van der Waals surface area contributed by atoms with Crippen molar-refractivity contribution in [1.29, 1.82) is 0 Å². The predicted molar refractivity (Wildman–Crippen MR) is 62.9 cm³/mol. The Balaban J connectivity index is 2.57. The lowest BCUT2D eigenvalue weighted by molar-refractivity contribution is 1.18. The number of aryl methyl sites for hydroxylation is 1. The van der Waals surface area contributed by atoms with Gasteiger partial charge >= 0.3 is 0 Å². The number of hydrogen-bond acceptors (Lipinski definition) is 2. The Bertz CT molecular complexity index is 657. The van der Waals surface area contributed by atoms with Crippen LogP contribution in [0.2, 0.25) is 0 Å². The average molecular weight is 262 g/mol. The fraction of sp³-hybridized carbons (Fsp3) is 0.0909. The topological polar surface area (TPSA) is 30.2 Å². The number of hydrogen-bond donors (Lipinski definition) is 0. The SMILES string of the molecule is Cc1ncn2c1cnc1ccc(Br)cc12. The van der Waals surface area contributed by atoms with Crippen LogP contribution in [0.1, 0.15) is 5.69 Å². The molecule has 0 bridgehead atoms. The second-order valence-corrected chi connectivity index (χ2v) is 4.39. The van der Waals surface area contributed by atoms with Crippen LogP contribution in [0.4, 0.5) is 0 Å². The van der Waals surface area contributed by atoms with Crippen LogP contribution >= 0.6 is 15.9 Å². The zero-order valence-corrected chi connectivity index (χ0v) is 9.69. The molecule has 0 aliphatic carbocycles. The highest BCUT2D eigenvalue weighted by Crippen LogP contribution is 2.20. The third kappa shape index (κ3) is 1.25. The molecule has 0 spiro atoms. The van der Waals surface area contributed by atoms with Crippen molar-refractivity contribution in [2.75, 3.05) is 0 Å². The molecule has 3 rings (SSSR count). The van der Waals surface area contributed by atoms with E-state index in [0.29, 0.717) is 0 Å². The molecule has 2 aromatic heterocycles. The molecule has 0 saturated carbocycles. The van der Waals surface area contributed by atoms with Gasteiger partial charge in [-0.2, -0.15) is 0 Å². The Labute approximate surface area is 94.9 Å². The van der Waals surface area contributed by atoms with Crippen molar-refractivity contribution in [1.82, 2.24) is 14.4 Å². The Morgan fingerprint density at radius 2 is 2.07 bits per heavy atom. The van der Waals surface area contributed by atoms with Crippen LogP contribution in [0, 0.1) is 6.92 Å². The smallest absolute Gasteiger partial charge is 0.100 e. The van der Waals surface area contributed by atoms with Crippen molar-refractivity contribution in [3.8, 4) is 0 Å². The summed E-state index contributed by atoms with van der Waals surface area (Å²) >= 11 is 3.46. The quantitative estimate of drug-likeness (QED) is 0.623. The van der Waals surface area contributed by atoms with Gasteiger partial charge in [-0.1, -0.05) is 15.9 Å². The summed E-state index contributed by atoms with van der Waals surface area (Å²) in [4.78, 5) is 8.69. The predicted octanol–water partition coefficient (Wildman–Crippen LogP) is 2.95. The summed E-state index contributed by atoms with van der Waals surface area (Å²) in [7, 11) is 0. The van der Waals surface area contributed by atoms with E-state index in [1.54, 1.807) is 0 Å². The molecule has 0 saturated heterocycles. The molecule has 0 amide bonds. The van der Waals surface area contributed by atoms with Crippen molar-refractivity contribution in [2.24, 2.45) is 0 Å². The van der Waals surface area contributed by atoms with Gasteiger partial charge in [0.25, 0.3) is 0 Å². The molecule has 2 heterocycles. The van der Waals surface area contributed by atoms with Crippen LogP contribution in [-0.4, -0.2) is 14.4 Å². The van der Waals surface area contributed by atoms with E-state index < -0.39 is 0 Å². The maximum absolute atomic E-state index is 4.40. The Hall–Kier alpha value is -1.42. The highest BCUT2D eigenvalue weighted by molar-refractivity contribution is 9.10. The van der Waals surface area contributed by atoms with Crippen LogP contribution in [0.3, 0.4) is 0 Å². The van der Waals surface area contributed by atoms with Crippen LogP contribution in [-0.2, 0) is 0 Å². The molecule has 3 nitrogen and oxygen atoms in total. The molecule has 0 unspecified atom stereocenters. The third-order valence-corrected chi connectivity index (χ3v) is 3.01. The summed E-state index contributed by atoms with van der Waals surface area (Å²) in [5, 5.41) is 0. The summed E-state index contributed by atoms with van der Waals surface area (Å²) in [5.74, 6) is 0. The number of halogens is 1. The molecule has 0 aliphatic rings. The first-order valence-electron chi connectivity index (χ1n) is 4.63. The number of imidazole rings is 1. The highest BCUT2D eigenvalue weighted by Gasteiger charge is 2.04. The second kappa shape index (κ2) is 3.03. The van der Waals surface area contributed by atoms with Gasteiger partial charge in [-0.05, 0) is 25.1 Å². The largest absolute Gasteiger partial charge is 0.295 e. The first kappa shape index (κ1) is 8.85. The summed E-state index contributed by atoms with van der Waals surface area (Å²) in [6, 6.07) is 6.04. The maximum Gasteiger partial charge on any atom is 0.100 e. The van der Waals surface area contributed by atoms with E-state index in [0.717, 1.165) is 26.7 Å². The molecule has 0 radical (unpaired) electrons. The minimum atomic E-state index is 0.975. The number of aromatic nitrogens is 3. The molecule has 15 heavy (non-hydrogen) atoms. The minimum Gasteiger partial charge on any atom is -0.295 e. The summed E-state index contributed by atoms with van der Waals surface area (Å²) in [6.07, 6.45) is 3.69. The third-order valence-electron chi connectivity index (χ3n) is 2.52. The van der Waals surface area contributed by atoms with E-state index in [1.165, 1.54) is 0 Å². The fourth-order valence-electron chi connectivity index (χ4n) is 1.72. The number of nitrogens with zero attached hydrogens (tertiary/aromatic N) is 3. The lowest BCUT2D eigenvalue weighted by Crippen LogP contribution is -1.89. The normalized spacial score (nSPS) is 11.3. The van der Waals surface area contributed by atoms with Gasteiger partial charge in [0.1, 0.15) is 6.33 Å². The fourth-order valence-corrected chi connectivity index (χ4v) is 2.07.